The summed E-state index contributed by atoms with van der Waals surface area (Å²) in [5.41, 5.74) is 4.73. The minimum atomic E-state index is -0.476. The van der Waals surface area contributed by atoms with E-state index in [0.29, 0.717) is 5.75 Å². The highest BCUT2D eigenvalue weighted by atomic mass is 32.1. The van der Waals surface area contributed by atoms with E-state index in [1.807, 2.05) is 36.4 Å². The normalized spacial score (nSPS) is 10.0. The van der Waals surface area contributed by atoms with E-state index >= 15 is 0 Å². The average molecular weight is 403 g/mol. The molecule has 0 spiro atoms. The van der Waals surface area contributed by atoms with E-state index in [1.165, 1.54) is 0 Å². The molecule has 0 fully saturated rings. The number of thiocarbonyl (C=S) groups is 1. The number of benzene rings is 2. The lowest BCUT2D eigenvalue weighted by Gasteiger charge is -2.12. The number of carbonyl (C=O) groups excluding carboxylic acids is 3. The summed E-state index contributed by atoms with van der Waals surface area (Å²) < 4.78 is 10.3. The summed E-state index contributed by atoms with van der Waals surface area (Å²) in [5.74, 6) is -0.818. The second-order valence-electron chi connectivity index (χ2n) is 5.62. The lowest BCUT2D eigenvalue weighted by atomic mass is 10.1. The third-order valence-corrected chi connectivity index (χ3v) is 3.74. The predicted octanol–water partition coefficient (Wildman–Crippen LogP) is 1.58. The van der Waals surface area contributed by atoms with Crippen LogP contribution in [0.25, 0.3) is 10.8 Å². The summed E-state index contributed by atoms with van der Waals surface area (Å²) in [5, 5.41) is 4.16. The van der Waals surface area contributed by atoms with Gasteiger partial charge in [-0.2, -0.15) is 0 Å². The first-order valence-electron chi connectivity index (χ1n) is 8.64. The molecule has 0 saturated carbocycles. The number of fused-ring (bicyclic) bond motifs is 1. The maximum absolute atomic E-state index is 11.9. The van der Waals surface area contributed by atoms with Crippen LogP contribution in [0.5, 0.6) is 5.75 Å². The smallest absolute Gasteiger partial charge is 0.306 e. The van der Waals surface area contributed by atoms with Crippen molar-refractivity contribution < 1.29 is 23.9 Å². The van der Waals surface area contributed by atoms with E-state index in [4.69, 9.17) is 21.7 Å². The molecule has 0 aliphatic heterocycles. The van der Waals surface area contributed by atoms with Crippen LogP contribution >= 0.6 is 12.2 Å². The van der Waals surface area contributed by atoms with E-state index < -0.39 is 17.8 Å². The van der Waals surface area contributed by atoms with Crippen LogP contribution in [0.15, 0.2) is 42.5 Å². The predicted molar refractivity (Wildman–Crippen MR) is 107 cm³/mol. The molecule has 0 aliphatic rings. The van der Waals surface area contributed by atoms with Gasteiger partial charge < -0.3 is 14.8 Å². The number of amides is 2. The summed E-state index contributed by atoms with van der Waals surface area (Å²) in [4.78, 5) is 34.8. The highest BCUT2D eigenvalue weighted by Crippen LogP contribution is 2.24. The van der Waals surface area contributed by atoms with E-state index in [2.05, 4.69) is 16.2 Å². The zero-order valence-electron chi connectivity index (χ0n) is 15.3. The van der Waals surface area contributed by atoms with Crippen molar-refractivity contribution in [2.24, 2.45) is 0 Å². The van der Waals surface area contributed by atoms with Gasteiger partial charge in [0.25, 0.3) is 5.91 Å². The standard InChI is InChI=1S/C19H21N3O5S/c1-2-26-18(25)11-10-16(23)20-19(28)22-21-17(24)12-27-15-9-5-7-13-6-3-4-8-14(13)15/h3-9H,2,10-12H2,1H3,(H,21,24)(H2,20,22,23,28). The Kier molecular flexibility index (Phi) is 8.16. The molecule has 0 heterocycles. The molecule has 0 bridgehead atoms. The van der Waals surface area contributed by atoms with Crippen molar-refractivity contribution in [1.29, 1.82) is 0 Å². The quantitative estimate of drug-likeness (QED) is 0.366. The Morgan fingerprint density at radius 3 is 2.50 bits per heavy atom. The zero-order chi connectivity index (χ0) is 20.4. The molecule has 148 valence electrons. The van der Waals surface area contributed by atoms with Crippen LogP contribution in [-0.4, -0.2) is 36.1 Å². The average Bonchev–Trinajstić information content (AvgIpc) is 2.69. The minimum Gasteiger partial charge on any atom is -0.483 e. The molecular formula is C19H21N3O5S. The molecule has 0 radical (unpaired) electrons. The Morgan fingerprint density at radius 2 is 1.71 bits per heavy atom. The fourth-order valence-corrected chi connectivity index (χ4v) is 2.46. The molecule has 28 heavy (non-hydrogen) atoms. The van der Waals surface area contributed by atoms with Crippen LogP contribution in [0.2, 0.25) is 0 Å². The van der Waals surface area contributed by atoms with Gasteiger partial charge in [0.15, 0.2) is 11.7 Å². The van der Waals surface area contributed by atoms with Gasteiger partial charge in [0, 0.05) is 11.8 Å². The van der Waals surface area contributed by atoms with Crippen molar-refractivity contribution in [2.75, 3.05) is 13.2 Å². The third-order valence-electron chi connectivity index (χ3n) is 3.54. The SMILES string of the molecule is CCOC(=O)CCC(=O)NC(=S)NNC(=O)COc1cccc2ccccc12. The first-order chi connectivity index (χ1) is 13.5. The number of hydrazine groups is 1. The summed E-state index contributed by atoms with van der Waals surface area (Å²) in [6.07, 6.45) is -0.119. The summed E-state index contributed by atoms with van der Waals surface area (Å²) in [7, 11) is 0. The second kappa shape index (κ2) is 10.8. The molecule has 0 saturated heterocycles. The van der Waals surface area contributed by atoms with E-state index in [1.54, 1.807) is 13.0 Å². The maximum atomic E-state index is 11.9. The Balaban J connectivity index is 1.71. The van der Waals surface area contributed by atoms with Gasteiger partial charge in [-0.3, -0.25) is 25.2 Å². The Bertz CT molecular complexity index is 866. The number of rotatable bonds is 7. The number of ether oxygens (including phenoxy) is 2. The lowest BCUT2D eigenvalue weighted by Crippen LogP contribution is -2.49. The fraction of sp³-hybridized carbons (Fsp3) is 0.263. The first kappa shape index (κ1) is 21.1. The minimum absolute atomic E-state index is 0.0481. The van der Waals surface area contributed by atoms with E-state index in [-0.39, 0.29) is 31.2 Å². The molecule has 3 N–H and O–H groups in total. The molecule has 0 aromatic heterocycles. The third kappa shape index (κ3) is 6.84. The molecular weight excluding hydrogens is 382 g/mol. The van der Waals surface area contributed by atoms with Gasteiger partial charge in [-0.25, -0.2) is 0 Å². The number of hydrogen-bond acceptors (Lipinski definition) is 6. The van der Waals surface area contributed by atoms with Crippen LogP contribution in [0.4, 0.5) is 0 Å². The summed E-state index contributed by atoms with van der Waals surface area (Å²) in [6, 6.07) is 13.2. The van der Waals surface area contributed by atoms with Crippen LogP contribution in [0, 0.1) is 0 Å². The second-order valence-corrected chi connectivity index (χ2v) is 6.03. The largest absolute Gasteiger partial charge is 0.483 e. The van der Waals surface area contributed by atoms with Gasteiger partial charge in [0.1, 0.15) is 5.75 Å². The van der Waals surface area contributed by atoms with Crippen molar-refractivity contribution in [3.8, 4) is 5.75 Å². The Labute approximate surface area is 167 Å². The van der Waals surface area contributed by atoms with Crippen LogP contribution in [0.1, 0.15) is 19.8 Å². The number of hydrogen-bond donors (Lipinski definition) is 3. The van der Waals surface area contributed by atoms with Crippen molar-refractivity contribution in [3.63, 3.8) is 0 Å². The van der Waals surface area contributed by atoms with Crippen LogP contribution < -0.4 is 20.9 Å². The monoisotopic (exact) mass is 403 g/mol. The molecule has 0 unspecified atom stereocenters. The van der Waals surface area contributed by atoms with Crippen molar-refractivity contribution >= 4 is 45.9 Å². The van der Waals surface area contributed by atoms with Crippen LogP contribution in [0.3, 0.4) is 0 Å². The molecule has 2 amide bonds. The molecule has 9 heteroatoms. The van der Waals surface area contributed by atoms with Gasteiger partial charge in [-0.1, -0.05) is 36.4 Å². The van der Waals surface area contributed by atoms with Gasteiger partial charge in [-0.05, 0) is 30.6 Å². The van der Waals surface area contributed by atoms with Crippen molar-refractivity contribution in [1.82, 2.24) is 16.2 Å². The highest BCUT2D eigenvalue weighted by Gasteiger charge is 2.10. The van der Waals surface area contributed by atoms with Gasteiger partial charge >= 0.3 is 5.97 Å². The molecule has 2 rings (SSSR count). The topological polar surface area (TPSA) is 106 Å². The summed E-state index contributed by atoms with van der Waals surface area (Å²) >= 11 is 4.91. The van der Waals surface area contributed by atoms with Gasteiger partial charge in [0.2, 0.25) is 5.91 Å². The van der Waals surface area contributed by atoms with E-state index in [9.17, 15) is 14.4 Å². The molecule has 2 aromatic carbocycles. The number of carbonyl (C=O) groups is 3. The van der Waals surface area contributed by atoms with Crippen molar-refractivity contribution in [3.05, 3.63) is 42.5 Å². The Morgan fingerprint density at radius 1 is 0.964 bits per heavy atom. The van der Waals surface area contributed by atoms with Gasteiger partial charge in [0.05, 0.1) is 13.0 Å². The Hall–Kier alpha value is -3.20. The molecule has 8 nitrogen and oxygen atoms in total. The fourth-order valence-electron chi connectivity index (χ4n) is 2.30. The number of esters is 1. The summed E-state index contributed by atoms with van der Waals surface area (Å²) in [6.45, 7) is 1.71. The molecule has 0 atom stereocenters. The van der Waals surface area contributed by atoms with Crippen LogP contribution in [-0.2, 0) is 19.1 Å². The highest BCUT2D eigenvalue weighted by molar-refractivity contribution is 7.80. The molecule has 2 aromatic rings. The zero-order valence-corrected chi connectivity index (χ0v) is 16.1. The maximum Gasteiger partial charge on any atom is 0.306 e. The van der Waals surface area contributed by atoms with E-state index in [0.717, 1.165) is 10.8 Å². The lowest BCUT2D eigenvalue weighted by molar-refractivity contribution is -0.144. The first-order valence-corrected chi connectivity index (χ1v) is 9.05. The number of nitrogens with one attached hydrogen (secondary N) is 3. The van der Waals surface area contributed by atoms with Gasteiger partial charge in [-0.15, -0.1) is 0 Å². The van der Waals surface area contributed by atoms with Crippen molar-refractivity contribution in [2.45, 2.75) is 19.8 Å². The molecule has 0 aliphatic carbocycles.